The summed E-state index contributed by atoms with van der Waals surface area (Å²) in [6.07, 6.45) is 0. The van der Waals surface area contributed by atoms with Crippen LogP contribution in [0.1, 0.15) is 41.6 Å². The summed E-state index contributed by atoms with van der Waals surface area (Å²) in [4.78, 5) is 52.5. The van der Waals surface area contributed by atoms with E-state index >= 15 is 0 Å². The van der Waals surface area contributed by atoms with Crippen LogP contribution in [-0.2, 0) is 19.1 Å². The lowest BCUT2D eigenvalue weighted by Crippen LogP contribution is -2.49. The lowest BCUT2D eigenvalue weighted by molar-refractivity contribution is -0.141. The molecular weight excluding hydrogens is 454 g/mol. The number of carbonyl (C=O) groups excluding carboxylic acids is 4. The van der Waals surface area contributed by atoms with Crippen molar-refractivity contribution in [2.24, 2.45) is 0 Å². The molecule has 1 aromatic heterocycles. The van der Waals surface area contributed by atoms with Crippen LogP contribution >= 0.6 is 24.0 Å². The van der Waals surface area contributed by atoms with Crippen LogP contribution < -0.4 is 10.6 Å². The van der Waals surface area contributed by atoms with E-state index in [1.807, 2.05) is 0 Å². The van der Waals surface area contributed by atoms with E-state index in [9.17, 15) is 19.2 Å². The molecule has 0 saturated heterocycles. The Bertz CT molecular complexity index is 999. The average molecular weight is 480 g/mol. The molecule has 2 rings (SSSR count). The number of benzene rings is 1. The van der Waals surface area contributed by atoms with Gasteiger partial charge in [0.15, 0.2) is 0 Å². The molecule has 11 heteroatoms. The van der Waals surface area contributed by atoms with Gasteiger partial charge in [-0.2, -0.15) is 12.6 Å². The van der Waals surface area contributed by atoms with Crippen molar-refractivity contribution in [2.45, 2.75) is 32.4 Å². The smallest absolute Gasteiger partial charge is 0.338 e. The Balaban J connectivity index is 2.09. The molecule has 0 aliphatic carbocycles. The van der Waals surface area contributed by atoms with Crippen LogP contribution in [0.5, 0.6) is 0 Å². The molecule has 2 N–H and O–H groups in total. The van der Waals surface area contributed by atoms with E-state index in [1.54, 1.807) is 50.4 Å². The highest BCUT2D eigenvalue weighted by Crippen LogP contribution is 2.25. The van der Waals surface area contributed by atoms with Gasteiger partial charge < -0.3 is 20.1 Å². The fourth-order valence-corrected chi connectivity index (χ4v) is 3.46. The number of nitrogens with one attached hydrogen (secondary N) is 2. The third-order valence-corrected chi connectivity index (χ3v) is 5.18. The number of hydrogen-bond donors (Lipinski definition) is 3. The molecule has 0 aliphatic rings. The topological polar surface area (TPSA) is 124 Å². The Labute approximate surface area is 195 Å². The third kappa shape index (κ3) is 7.34. The molecule has 32 heavy (non-hydrogen) atoms. The van der Waals surface area contributed by atoms with Crippen molar-refractivity contribution in [3.05, 3.63) is 40.9 Å². The molecular formula is C21H25N3O6S2. The van der Waals surface area contributed by atoms with Crippen LogP contribution in [0.3, 0.4) is 0 Å². The SMILES string of the molecule is COC(=O)CNC(=O)C(CS)NC(=O)c1csc(-c2cccc(C(=O)OC(C)(C)C)c2)n1. The monoisotopic (exact) mass is 479 g/mol. The molecule has 1 atom stereocenters. The number of amides is 2. The molecule has 9 nitrogen and oxygen atoms in total. The maximum Gasteiger partial charge on any atom is 0.338 e. The molecule has 1 unspecified atom stereocenters. The van der Waals surface area contributed by atoms with Crippen LogP contribution in [0.4, 0.5) is 0 Å². The highest BCUT2D eigenvalue weighted by atomic mass is 32.1. The first kappa shape index (κ1) is 25.3. The van der Waals surface area contributed by atoms with Gasteiger partial charge in [-0.25, -0.2) is 9.78 Å². The summed E-state index contributed by atoms with van der Waals surface area (Å²) in [5, 5.41) is 6.98. The summed E-state index contributed by atoms with van der Waals surface area (Å²) in [7, 11) is 1.20. The van der Waals surface area contributed by atoms with Gasteiger partial charge in [0.05, 0.1) is 12.7 Å². The fourth-order valence-electron chi connectivity index (χ4n) is 2.41. The summed E-state index contributed by atoms with van der Waals surface area (Å²) in [5.41, 5.74) is 0.516. The Kier molecular flexibility index (Phi) is 8.79. The Hall–Kier alpha value is -2.92. The zero-order valence-electron chi connectivity index (χ0n) is 18.1. The highest BCUT2D eigenvalue weighted by molar-refractivity contribution is 7.80. The summed E-state index contributed by atoms with van der Waals surface area (Å²) < 4.78 is 9.84. The van der Waals surface area contributed by atoms with Gasteiger partial charge in [-0.1, -0.05) is 12.1 Å². The summed E-state index contributed by atoms with van der Waals surface area (Å²) >= 11 is 5.30. The number of carbonyl (C=O) groups is 4. The van der Waals surface area contributed by atoms with Crippen LogP contribution in [0.2, 0.25) is 0 Å². The van der Waals surface area contributed by atoms with E-state index in [1.165, 1.54) is 18.4 Å². The molecule has 1 aromatic carbocycles. The van der Waals surface area contributed by atoms with E-state index < -0.39 is 35.4 Å². The van der Waals surface area contributed by atoms with Gasteiger partial charge in [0.1, 0.15) is 28.9 Å². The molecule has 0 bridgehead atoms. The van der Waals surface area contributed by atoms with Gasteiger partial charge in [0.2, 0.25) is 5.91 Å². The first-order chi connectivity index (χ1) is 15.0. The van der Waals surface area contributed by atoms with Gasteiger partial charge in [-0.3, -0.25) is 14.4 Å². The quantitative estimate of drug-likeness (QED) is 0.391. The van der Waals surface area contributed by atoms with Gasteiger partial charge in [0.25, 0.3) is 5.91 Å². The number of rotatable bonds is 8. The van der Waals surface area contributed by atoms with E-state index in [0.717, 1.165) is 0 Å². The average Bonchev–Trinajstić information content (AvgIpc) is 3.24. The number of nitrogens with zero attached hydrogens (tertiary/aromatic N) is 1. The highest BCUT2D eigenvalue weighted by Gasteiger charge is 2.23. The second kappa shape index (κ2) is 11.1. The van der Waals surface area contributed by atoms with Crippen molar-refractivity contribution >= 4 is 47.7 Å². The largest absolute Gasteiger partial charge is 0.468 e. The van der Waals surface area contributed by atoms with E-state index in [2.05, 4.69) is 33.0 Å². The zero-order valence-corrected chi connectivity index (χ0v) is 19.8. The molecule has 0 saturated carbocycles. The van der Waals surface area contributed by atoms with Crippen molar-refractivity contribution in [1.82, 2.24) is 15.6 Å². The van der Waals surface area contributed by atoms with Crippen LogP contribution in [0.15, 0.2) is 29.6 Å². The maximum atomic E-state index is 12.5. The second-order valence-electron chi connectivity index (χ2n) is 7.62. The lowest BCUT2D eigenvalue weighted by atomic mass is 10.1. The first-order valence-electron chi connectivity index (χ1n) is 9.59. The van der Waals surface area contributed by atoms with E-state index in [0.29, 0.717) is 16.1 Å². The second-order valence-corrected chi connectivity index (χ2v) is 8.85. The number of aromatic nitrogens is 1. The predicted octanol–water partition coefficient (Wildman–Crippen LogP) is 2.08. The van der Waals surface area contributed by atoms with Gasteiger partial charge in [-0.15, -0.1) is 11.3 Å². The zero-order chi connectivity index (χ0) is 23.9. The molecule has 2 amide bonds. The third-order valence-electron chi connectivity index (χ3n) is 3.92. The van der Waals surface area contributed by atoms with Crippen molar-refractivity contribution in [2.75, 3.05) is 19.4 Å². The maximum absolute atomic E-state index is 12.5. The van der Waals surface area contributed by atoms with Crippen molar-refractivity contribution in [3.63, 3.8) is 0 Å². The van der Waals surface area contributed by atoms with Crippen LogP contribution in [0.25, 0.3) is 10.6 Å². The Morgan fingerprint density at radius 1 is 1.22 bits per heavy atom. The van der Waals surface area contributed by atoms with E-state index in [4.69, 9.17) is 4.74 Å². The molecule has 2 aromatic rings. The summed E-state index contributed by atoms with van der Waals surface area (Å²) in [5.74, 6) is -2.18. The van der Waals surface area contributed by atoms with E-state index in [-0.39, 0.29) is 18.0 Å². The predicted molar refractivity (Wildman–Crippen MR) is 123 cm³/mol. The fraction of sp³-hybridized carbons (Fsp3) is 0.381. The minimum atomic E-state index is -0.962. The Morgan fingerprint density at radius 2 is 1.94 bits per heavy atom. The summed E-state index contributed by atoms with van der Waals surface area (Å²) in [6.45, 7) is 5.04. The number of ether oxygens (including phenoxy) is 2. The lowest BCUT2D eigenvalue weighted by Gasteiger charge is -2.19. The number of esters is 2. The molecule has 0 aliphatic heterocycles. The molecule has 0 fully saturated rings. The van der Waals surface area contributed by atoms with Crippen molar-refractivity contribution < 1.29 is 28.7 Å². The molecule has 0 radical (unpaired) electrons. The van der Waals surface area contributed by atoms with Gasteiger partial charge in [-0.05, 0) is 32.9 Å². The first-order valence-corrected chi connectivity index (χ1v) is 11.1. The van der Waals surface area contributed by atoms with Crippen LogP contribution in [0, 0.1) is 0 Å². The number of thiazole rings is 1. The molecule has 172 valence electrons. The standard InChI is InChI=1S/C21H25N3O6S2/c1-21(2,3)30-20(28)13-7-5-6-12(8-13)19-24-15(11-32-19)18(27)23-14(10-31)17(26)22-9-16(25)29-4/h5-8,11,14,31H,9-10H2,1-4H3,(H,22,26)(H,23,27). The number of thiol groups is 1. The Morgan fingerprint density at radius 3 is 2.56 bits per heavy atom. The molecule has 0 spiro atoms. The normalized spacial score (nSPS) is 11.9. The minimum Gasteiger partial charge on any atom is -0.468 e. The van der Waals surface area contributed by atoms with Crippen LogP contribution in [-0.4, -0.2) is 59.8 Å². The van der Waals surface area contributed by atoms with Gasteiger partial charge >= 0.3 is 11.9 Å². The van der Waals surface area contributed by atoms with Gasteiger partial charge in [0, 0.05) is 16.7 Å². The van der Waals surface area contributed by atoms with Crippen molar-refractivity contribution in [1.29, 1.82) is 0 Å². The minimum absolute atomic E-state index is 0.0215. The molecule has 1 heterocycles. The number of methoxy groups -OCH3 is 1. The number of hydrogen-bond acceptors (Lipinski definition) is 9. The summed E-state index contributed by atoms with van der Waals surface area (Å²) in [6, 6.07) is 5.80. The van der Waals surface area contributed by atoms with Crippen molar-refractivity contribution in [3.8, 4) is 10.6 Å².